The second-order valence-corrected chi connectivity index (χ2v) is 10.3. The highest BCUT2D eigenvalue weighted by Crippen LogP contribution is 2.33. The lowest BCUT2D eigenvalue weighted by molar-refractivity contribution is -0.107. The fourth-order valence-electron chi connectivity index (χ4n) is 4.53. The zero-order valence-corrected chi connectivity index (χ0v) is 26.5. The van der Waals surface area contributed by atoms with Gasteiger partial charge >= 0.3 is 29.8 Å². The summed E-state index contributed by atoms with van der Waals surface area (Å²) in [5.74, 6) is -4.66. The Bertz CT molecular complexity index is 1940. The largest absolute Gasteiger partial charge is 0.465 e. The fourth-order valence-corrected chi connectivity index (χ4v) is 4.53. The van der Waals surface area contributed by atoms with Crippen molar-refractivity contribution in [3.05, 3.63) is 144 Å². The normalized spacial score (nSPS) is 12.4. The Labute approximate surface area is 284 Å². The third-order valence-electron chi connectivity index (χ3n) is 6.99. The molecule has 0 radical (unpaired) electrons. The molecule has 50 heavy (non-hydrogen) atoms. The van der Waals surface area contributed by atoms with Gasteiger partial charge in [-0.25, -0.2) is 24.0 Å². The molecule has 0 fully saturated rings. The lowest BCUT2D eigenvalue weighted by atomic mass is 10.0. The minimum atomic E-state index is -1.79. The molecule has 15 nitrogen and oxygen atoms in total. The van der Waals surface area contributed by atoms with E-state index < -0.39 is 54.8 Å². The van der Waals surface area contributed by atoms with Gasteiger partial charge in [-0.15, -0.1) is 0 Å². The van der Waals surface area contributed by atoms with Crippen LogP contribution in [-0.4, -0.2) is 75.7 Å². The second kappa shape index (κ2) is 16.4. The molecule has 5 aromatic rings. The monoisotopic (exact) mass is 680 g/mol. The van der Waals surface area contributed by atoms with E-state index >= 15 is 0 Å². The number of carbonyl (C=O) groups excluding carboxylic acids is 5. The van der Waals surface area contributed by atoms with Crippen molar-refractivity contribution in [3.8, 4) is 0 Å². The number of methoxy groups -OCH3 is 1. The van der Waals surface area contributed by atoms with Crippen LogP contribution in [0, 0.1) is 6.92 Å². The quantitative estimate of drug-likeness (QED) is 0.127. The van der Waals surface area contributed by atoms with Gasteiger partial charge in [0.25, 0.3) is 0 Å². The molecule has 0 N–H and O–H groups in total. The predicted molar refractivity (Wildman–Crippen MR) is 169 cm³/mol. The van der Waals surface area contributed by atoms with Gasteiger partial charge in [-0.05, 0) is 61.5 Å². The van der Waals surface area contributed by atoms with Gasteiger partial charge in [0, 0.05) is 49.6 Å². The van der Waals surface area contributed by atoms with E-state index in [1.54, 1.807) is 0 Å². The van der Waals surface area contributed by atoms with E-state index in [9.17, 15) is 24.0 Å². The van der Waals surface area contributed by atoms with Crippen molar-refractivity contribution in [3.63, 3.8) is 0 Å². The number of pyridine rings is 4. The van der Waals surface area contributed by atoms with Crippen molar-refractivity contribution < 1.29 is 52.1 Å². The summed E-state index contributed by atoms with van der Waals surface area (Å²) in [7, 11) is 1.16. The lowest BCUT2D eigenvalue weighted by Crippen LogP contribution is -2.44. The van der Waals surface area contributed by atoms with Crippen molar-refractivity contribution >= 4 is 29.8 Å². The molecule has 0 spiro atoms. The van der Waals surface area contributed by atoms with Crippen LogP contribution in [-0.2, 0) is 23.7 Å². The van der Waals surface area contributed by atoms with Gasteiger partial charge in [0.1, 0.15) is 23.7 Å². The summed E-state index contributed by atoms with van der Waals surface area (Å²) in [5.41, 5.74) is 0.00890. The third kappa shape index (κ3) is 8.57. The van der Waals surface area contributed by atoms with E-state index in [1.807, 2.05) is 0 Å². The first-order valence-electron chi connectivity index (χ1n) is 14.8. The first kappa shape index (κ1) is 34.6. The molecule has 0 aliphatic carbocycles. The van der Waals surface area contributed by atoms with E-state index in [2.05, 4.69) is 19.9 Å². The SMILES string of the molecule is COC(=O)c1cc([C@H](OC(=O)c2cccnc2)[C@@H](OC(=O)c2cccnc2)[C@H](COC(=O)c2cccnc2)OC(=O)c2cccnc2)oc1C. The molecule has 0 saturated carbocycles. The predicted octanol–water partition coefficient (Wildman–Crippen LogP) is 4.16. The Morgan fingerprint density at radius 1 is 0.640 bits per heavy atom. The maximum Gasteiger partial charge on any atom is 0.341 e. The number of furan rings is 1. The van der Waals surface area contributed by atoms with E-state index in [4.69, 9.17) is 28.1 Å². The van der Waals surface area contributed by atoms with E-state index in [1.165, 1.54) is 111 Å². The van der Waals surface area contributed by atoms with E-state index in [0.29, 0.717) is 0 Å². The second-order valence-electron chi connectivity index (χ2n) is 10.3. The van der Waals surface area contributed by atoms with Crippen LogP contribution < -0.4 is 0 Å². The molecule has 5 heterocycles. The van der Waals surface area contributed by atoms with E-state index in [-0.39, 0.29) is 39.3 Å². The van der Waals surface area contributed by atoms with Crippen LogP contribution in [0.5, 0.6) is 0 Å². The Morgan fingerprint density at radius 2 is 1.10 bits per heavy atom. The van der Waals surface area contributed by atoms with Crippen molar-refractivity contribution in [2.45, 2.75) is 25.2 Å². The Balaban J connectivity index is 1.62. The summed E-state index contributed by atoms with van der Waals surface area (Å²) in [6.07, 6.45) is 5.52. The zero-order valence-electron chi connectivity index (χ0n) is 26.5. The standard InChI is InChI=1S/C35H28N4O11/c1-21-26(35(44)45-2)15-27(47-21)29(49-33(42)24-9-5-13-38-18-24)30(50-34(43)25-10-6-14-39-19-25)28(48-32(41)23-8-4-12-37-17-23)20-46-31(40)22-7-3-11-36-16-22/h3-19,28-30H,20H2,1-2H3/t28-,29-,30-/m0/s1. The minimum absolute atomic E-state index is 0.000790. The number of carbonyl (C=O) groups is 5. The molecule has 0 saturated heterocycles. The highest BCUT2D eigenvalue weighted by Gasteiger charge is 2.43. The summed E-state index contributed by atoms with van der Waals surface area (Å²) in [6.45, 7) is 0.733. The molecule has 0 aliphatic rings. The number of aryl methyl sites for hydroxylation is 1. The number of esters is 5. The summed E-state index contributed by atoms with van der Waals surface area (Å²) in [5, 5.41) is 0. The average molecular weight is 681 g/mol. The summed E-state index contributed by atoms with van der Waals surface area (Å²) >= 11 is 0. The summed E-state index contributed by atoms with van der Waals surface area (Å²) < 4.78 is 33.9. The molecular formula is C35H28N4O11. The summed E-state index contributed by atoms with van der Waals surface area (Å²) in [4.78, 5) is 81.9. The molecule has 0 unspecified atom stereocenters. The first-order valence-corrected chi connectivity index (χ1v) is 14.8. The highest BCUT2D eigenvalue weighted by molar-refractivity contribution is 5.92. The molecule has 5 rings (SSSR count). The molecule has 5 aromatic heterocycles. The van der Waals surface area contributed by atoms with Crippen molar-refractivity contribution in [1.29, 1.82) is 0 Å². The van der Waals surface area contributed by atoms with Crippen molar-refractivity contribution in [2.75, 3.05) is 13.7 Å². The molecule has 254 valence electrons. The minimum Gasteiger partial charge on any atom is -0.465 e. The van der Waals surface area contributed by atoms with Crippen molar-refractivity contribution in [1.82, 2.24) is 19.9 Å². The molecule has 15 heteroatoms. The maximum absolute atomic E-state index is 13.6. The molecular weight excluding hydrogens is 652 g/mol. The average Bonchev–Trinajstić information content (AvgIpc) is 3.56. The number of nitrogens with zero attached hydrogens (tertiary/aromatic N) is 4. The van der Waals surface area contributed by atoms with Crippen molar-refractivity contribution in [2.24, 2.45) is 0 Å². The summed E-state index contributed by atoms with van der Waals surface area (Å²) in [6, 6.07) is 12.9. The van der Waals surface area contributed by atoms with Gasteiger partial charge in [-0.1, -0.05) is 0 Å². The Kier molecular flexibility index (Phi) is 11.3. The number of ether oxygens (including phenoxy) is 5. The lowest BCUT2D eigenvalue weighted by Gasteiger charge is -2.31. The molecule has 3 atom stereocenters. The van der Waals surface area contributed by atoms with Crippen LogP contribution in [0.1, 0.15) is 69.4 Å². The molecule has 0 aromatic carbocycles. The molecule has 0 amide bonds. The topological polar surface area (TPSA) is 196 Å². The van der Waals surface area contributed by atoms with Gasteiger partial charge in [0.15, 0.2) is 18.3 Å². The molecule has 0 bridgehead atoms. The van der Waals surface area contributed by atoms with E-state index in [0.717, 1.165) is 7.11 Å². The number of aromatic nitrogens is 4. The Hall–Kier alpha value is -6.77. The van der Waals surface area contributed by atoms with Crippen LogP contribution in [0.2, 0.25) is 0 Å². The van der Waals surface area contributed by atoms with Crippen LogP contribution in [0.3, 0.4) is 0 Å². The van der Waals surface area contributed by atoms with Gasteiger partial charge in [-0.2, -0.15) is 0 Å². The molecule has 0 aliphatic heterocycles. The van der Waals surface area contributed by atoms with Crippen LogP contribution in [0.4, 0.5) is 0 Å². The fraction of sp³-hybridized carbons (Fsp3) is 0.171. The third-order valence-corrected chi connectivity index (χ3v) is 6.99. The van der Waals surface area contributed by atoms with Gasteiger partial charge < -0.3 is 28.1 Å². The van der Waals surface area contributed by atoms with Crippen LogP contribution >= 0.6 is 0 Å². The number of rotatable bonds is 13. The number of hydrogen-bond acceptors (Lipinski definition) is 15. The van der Waals surface area contributed by atoms with Gasteiger partial charge in [-0.3, -0.25) is 19.9 Å². The Morgan fingerprint density at radius 3 is 1.56 bits per heavy atom. The highest BCUT2D eigenvalue weighted by atomic mass is 16.6. The van der Waals surface area contributed by atoms with Gasteiger partial charge in [0.05, 0.1) is 29.4 Å². The first-order chi connectivity index (χ1) is 24.2. The van der Waals surface area contributed by atoms with Gasteiger partial charge in [0.2, 0.25) is 0 Å². The maximum atomic E-state index is 13.6. The number of hydrogen-bond donors (Lipinski definition) is 0. The van der Waals surface area contributed by atoms with Crippen LogP contribution in [0.15, 0.2) is 109 Å². The zero-order chi connectivity index (χ0) is 35.5. The van der Waals surface area contributed by atoms with Crippen LogP contribution in [0.25, 0.3) is 0 Å². The smallest absolute Gasteiger partial charge is 0.341 e.